The van der Waals surface area contributed by atoms with Crippen molar-refractivity contribution in [1.29, 1.82) is 0 Å². The summed E-state index contributed by atoms with van der Waals surface area (Å²) in [6.07, 6.45) is 0.451. The largest absolute Gasteiger partial charge is 0.355 e. The van der Waals surface area contributed by atoms with Gasteiger partial charge in [-0.1, -0.05) is 36.4 Å². The molecule has 3 amide bonds. The van der Waals surface area contributed by atoms with E-state index in [4.69, 9.17) is 0 Å². The summed E-state index contributed by atoms with van der Waals surface area (Å²) in [6, 6.07) is 16.3. The van der Waals surface area contributed by atoms with E-state index in [9.17, 15) is 14.4 Å². The van der Waals surface area contributed by atoms with Gasteiger partial charge in [0.1, 0.15) is 0 Å². The molecule has 6 heteroatoms. The first kappa shape index (κ1) is 21.2. The summed E-state index contributed by atoms with van der Waals surface area (Å²) >= 11 is 0. The van der Waals surface area contributed by atoms with Crippen molar-refractivity contribution < 1.29 is 14.4 Å². The van der Waals surface area contributed by atoms with Crippen LogP contribution in [-0.2, 0) is 16.0 Å². The number of benzene rings is 2. The summed E-state index contributed by atoms with van der Waals surface area (Å²) in [6.45, 7) is 5.39. The summed E-state index contributed by atoms with van der Waals surface area (Å²) in [4.78, 5) is 38.2. The molecule has 0 saturated heterocycles. The van der Waals surface area contributed by atoms with Gasteiger partial charge < -0.3 is 15.5 Å². The number of hydrogen-bond acceptors (Lipinski definition) is 3. The van der Waals surface area contributed by atoms with Gasteiger partial charge in [0.15, 0.2) is 0 Å². The predicted molar refractivity (Wildman–Crippen MR) is 110 cm³/mol. The Hall–Kier alpha value is -3.15. The number of carbonyl (C=O) groups is 3. The van der Waals surface area contributed by atoms with Crippen LogP contribution in [0.15, 0.2) is 54.6 Å². The molecule has 0 spiro atoms. The van der Waals surface area contributed by atoms with E-state index in [-0.39, 0.29) is 37.1 Å². The molecule has 2 N–H and O–H groups in total. The number of nitrogens with zero attached hydrogens (tertiary/aromatic N) is 1. The van der Waals surface area contributed by atoms with Gasteiger partial charge in [-0.05, 0) is 37.6 Å². The van der Waals surface area contributed by atoms with Crippen molar-refractivity contribution in [2.75, 3.05) is 25.0 Å². The lowest BCUT2D eigenvalue weighted by molar-refractivity contribution is -0.120. The van der Waals surface area contributed by atoms with Crippen molar-refractivity contribution in [2.24, 2.45) is 0 Å². The van der Waals surface area contributed by atoms with E-state index in [2.05, 4.69) is 10.6 Å². The minimum atomic E-state index is -0.215. The van der Waals surface area contributed by atoms with Crippen LogP contribution in [0.2, 0.25) is 0 Å². The summed E-state index contributed by atoms with van der Waals surface area (Å²) < 4.78 is 0. The molecule has 0 aliphatic heterocycles. The van der Waals surface area contributed by atoms with Crippen LogP contribution in [0.5, 0.6) is 0 Å². The zero-order chi connectivity index (χ0) is 20.4. The second-order valence-corrected chi connectivity index (χ2v) is 6.37. The highest BCUT2D eigenvalue weighted by Crippen LogP contribution is 2.13. The molecule has 2 rings (SSSR count). The number of carbonyl (C=O) groups excluding carboxylic acids is 3. The highest BCUT2D eigenvalue weighted by atomic mass is 16.2. The number of anilines is 1. The van der Waals surface area contributed by atoms with E-state index in [1.54, 1.807) is 29.2 Å². The maximum Gasteiger partial charge on any atom is 0.253 e. The fourth-order valence-corrected chi connectivity index (χ4v) is 2.81. The molecule has 6 nitrogen and oxygen atoms in total. The van der Waals surface area contributed by atoms with E-state index >= 15 is 0 Å². The molecule has 2 aromatic carbocycles. The Morgan fingerprint density at radius 3 is 2.29 bits per heavy atom. The van der Waals surface area contributed by atoms with Crippen LogP contribution in [0.25, 0.3) is 0 Å². The van der Waals surface area contributed by atoms with E-state index in [1.165, 1.54) is 0 Å². The first-order chi connectivity index (χ1) is 13.5. The maximum absolute atomic E-state index is 12.4. The Kier molecular flexibility index (Phi) is 8.21. The van der Waals surface area contributed by atoms with Crippen molar-refractivity contribution in [3.63, 3.8) is 0 Å². The smallest absolute Gasteiger partial charge is 0.253 e. The van der Waals surface area contributed by atoms with Crippen molar-refractivity contribution in [3.05, 3.63) is 65.7 Å². The number of rotatable bonds is 9. The molecule has 0 heterocycles. The summed E-state index contributed by atoms with van der Waals surface area (Å²) in [5.74, 6) is -0.396. The molecule has 0 fully saturated rings. The quantitative estimate of drug-likeness (QED) is 0.701. The normalized spacial score (nSPS) is 10.2. The Balaban J connectivity index is 1.80. The Labute approximate surface area is 165 Å². The van der Waals surface area contributed by atoms with Crippen molar-refractivity contribution in [3.8, 4) is 0 Å². The van der Waals surface area contributed by atoms with Gasteiger partial charge in [-0.25, -0.2) is 0 Å². The highest BCUT2D eigenvalue weighted by Gasteiger charge is 2.13. The third-order valence-electron chi connectivity index (χ3n) is 4.33. The molecule has 0 aromatic heterocycles. The van der Waals surface area contributed by atoms with Gasteiger partial charge in [0.05, 0.1) is 6.42 Å². The van der Waals surface area contributed by atoms with Crippen LogP contribution in [0.4, 0.5) is 5.69 Å². The van der Waals surface area contributed by atoms with Crippen LogP contribution in [0.1, 0.15) is 36.2 Å². The fraction of sp³-hybridized carbons (Fsp3) is 0.318. The topological polar surface area (TPSA) is 78.5 Å². The summed E-state index contributed by atoms with van der Waals surface area (Å²) in [5, 5.41) is 5.52. The zero-order valence-electron chi connectivity index (χ0n) is 16.4. The average Bonchev–Trinajstić information content (AvgIpc) is 2.69. The van der Waals surface area contributed by atoms with Gasteiger partial charge in [0.25, 0.3) is 5.91 Å². The van der Waals surface area contributed by atoms with Gasteiger partial charge in [-0.2, -0.15) is 0 Å². The first-order valence-electron chi connectivity index (χ1n) is 9.53. The lowest BCUT2D eigenvalue weighted by atomic mass is 10.1. The molecule has 0 radical (unpaired) electrons. The molecule has 28 heavy (non-hydrogen) atoms. The van der Waals surface area contributed by atoms with E-state index in [0.717, 1.165) is 5.56 Å². The molecular formula is C22H27N3O3. The fourth-order valence-electron chi connectivity index (χ4n) is 2.81. The van der Waals surface area contributed by atoms with Crippen LogP contribution in [-0.4, -0.2) is 42.3 Å². The standard InChI is InChI=1S/C22H27N3O3/c1-3-25(4-2)22(28)18-11-8-12-19(16-18)24-20(26)13-14-23-21(27)15-17-9-6-5-7-10-17/h5-12,16H,3-4,13-15H2,1-2H3,(H,23,27)(H,24,26). The molecule has 0 atom stereocenters. The van der Waals surface area contributed by atoms with E-state index in [0.29, 0.717) is 24.3 Å². The predicted octanol–water partition coefficient (Wildman–Crippen LogP) is 2.86. The zero-order valence-corrected chi connectivity index (χ0v) is 16.4. The summed E-state index contributed by atoms with van der Waals surface area (Å²) in [7, 11) is 0. The first-order valence-corrected chi connectivity index (χ1v) is 9.53. The third kappa shape index (κ3) is 6.54. The minimum Gasteiger partial charge on any atom is -0.355 e. The van der Waals surface area contributed by atoms with Crippen LogP contribution in [0.3, 0.4) is 0 Å². The third-order valence-corrected chi connectivity index (χ3v) is 4.33. The number of nitrogens with one attached hydrogen (secondary N) is 2. The highest BCUT2D eigenvalue weighted by molar-refractivity contribution is 5.97. The Morgan fingerprint density at radius 1 is 0.893 bits per heavy atom. The number of hydrogen-bond donors (Lipinski definition) is 2. The van der Waals surface area contributed by atoms with Gasteiger partial charge >= 0.3 is 0 Å². The monoisotopic (exact) mass is 381 g/mol. The molecule has 148 valence electrons. The van der Waals surface area contributed by atoms with Crippen LogP contribution < -0.4 is 10.6 Å². The second-order valence-electron chi connectivity index (χ2n) is 6.37. The van der Waals surface area contributed by atoms with E-state index < -0.39 is 0 Å². The van der Waals surface area contributed by atoms with Crippen LogP contribution in [0, 0.1) is 0 Å². The molecule has 0 bridgehead atoms. The minimum absolute atomic E-state index is 0.0609. The lowest BCUT2D eigenvalue weighted by Crippen LogP contribution is -2.30. The molecule has 0 aliphatic rings. The van der Waals surface area contributed by atoms with Crippen molar-refractivity contribution >= 4 is 23.4 Å². The van der Waals surface area contributed by atoms with Crippen molar-refractivity contribution in [2.45, 2.75) is 26.7 Å². The SMILES string of the molecule is CCN(CC)C(=O)c1cccc(NC(=O)CCNC(=O)Cc2ccccc2)c1. The second kappa shape index (κ2) is 10.9. The molecule has 2 aromatic rings. The Bertz CT molecular complexity index is 802. The average molecular weight is 381 g/mol. The van der Waals surface area contributed by atoms with Crippen molar-refractivity contribution in [1.82, 2.24) is 10.2 Å². The van der Waals surface area contributed by atoms with E-state index in [1.807, 2.05) is 44.2 Å². The Morgan fingerprint density at radius 2 is 1.61 bits per heavy atom. The number of amides is 3. The van der Waals surface area contributed by atoms with Crippen LogP contribution >= 0.6 is 0 Å². The van der Waals surface area contributed by atoms with Gasteiger partial charge in [-0.15, -0.1) is 0 Å². The maximum atomic E-state index is 12.4. The summed E-state index contributed by atoms with van der Waals surface area (Å²) in [5.41, 5.74) is 2.04. The van der Waals surface area contributed by atoms with Gasteiger partial charge in [-0.3, -0.25) is 14.4 Å². The van der Waals surface area contributed by atoms with Gasteiger partial charge in [0.2, 0.25) is 11.8 Å². The molecular weight excluding hydrogens is 354 g/mol. The lowest BCUT2D eigenvalue weighted by Gasteiger charge is -2.19. The molecule has 0 aliphatic carbocycles. The molecule has 0 unspecified atom stereocenters. The van der Waals surface area contributed by atoms with Gasteiger partial charge in [0, 0.05) is 37.3 Å². The molecule has 0 saturated carbocycles.